The lowest BCUT2D eigenvalue weighted by Gasteiger charge is -2.49. The number of hydrogen-bond donors (Lipinski definition) is 7. The normalized spacial score (nSPS) is 31.6. The third-order valence-electron chi connectivity index (χ3n) is 6.72. The van der Waals surface area contributed by atoms with Crippen LogP contribution in [0.4, 0.5) is 0 Å². The molecule has 2 saturated heterocycles. The van der Waals surface area contributed by atoms with E-state index < -0.39 is 53.6 Å². The van der Waals surface area contributed by atoms with Crippen molar-refractivity contribution in [2.45, 2.75) is 75.7 Å². The zero-order valence-electron chi connectivity index (χ0n) is 21.8. The number of thioether (sulfide) groups is 1. The predicted molar refractivity (Wildman–Crippen MR) is 134 cm³/mol. The molecule has 37 heavy (non-hydrogen) atoms. The standard InChI is InChI=1S/C23H40N4O9S/c1-5-37-12-15-9-11-35-22(20(33)21(3,13-28)36-23(15,22)34)27-19(32)18(31)25-10-7-6-8-16(17(30)24-4)26-14(2)29/h15-16,20,28,33-34H,5-13H2,1-4H3,(H,24,30)(H,25,31)(H,26,29)(H,27,32)/t15?,16-,20-,21-,22-,23?/m0/s1. The highest BCUT2D eigenvalue weighted by molar-refractivity contribution is 7.99. The number of aliphatic hydroxyl groups is 3. The highest BCUT2D eigenvalue weighted by atomic mass is 32.2. The largest absolute Gasteiger partial charge is 0.393 e. The van der Waals surface area contributed by atoms with E-state index in [-0.39, 0.29) is 25.0 Å². The van der Waals surface area contributed by atoms with Crippen LogP contribution < -0.4 is 21.3 Å². The van der Waals surface area contributed by atoms with Crippen molar-refractivity contribution >= 4 is 35.4 Å². The van der Waals surface area contributed by atoms with E-state index in [1.165, 1.54) is 32.7 Å². The summed E-state index contributed by atoms with van der Waals surface area (Å²) in [5, 5.41) is 42.4. The number of carbonyl (C=O) groups is 4. The molecular weight excluding hydrogens is 508 g/mol. The minimum atomic E-state index is -2.18. The number of likely N-dealkylation sites (N-methyl/N-ethyl adjacent to an activating group) is 1. The molecule has 2 heterocycles. The van der Waals surface area contributed by atoms with Crippen LogP contribution in [-0.4, -0.2) is 107 Å². The molecule has 0 saturated carbocycles. The second kappa shape index (κ2) is 13.2. The van der Waals surface area contributed by atoms with Crippen LogP contribution in [0.25, 0.3) is 0 Å². The van der Waals surface area contributed by atoms with Crippen molar-refractivity contribution in [1.29, 1.82) is 0 Å². The van der Waals surface area contributed by atoms with Gasteiger partial charge in [0.05, 0.1) is 13.2 Å². The lowest BCUT2D eigenvalue weighted by molar-refractivity contribution is -0.340. The third-order valence-corrected chi connectivity index (χ3v) is 7.77. The molecule has 2 rings (SSSR count). The van der Waals surface area contributed by atoms with Crippen molar-refractivity contribution in [2.75, 3.05) is 38.3 Å². The summed E-state index contributed by atoms with van der Waals surface area (Å²) < 4.78 is 11.5. The lowest BCUT2D eigenvalue weighted by Crippen LogP contribution is -2.74. The molecule has 212 valence electrons. The molecule has 2 fully saturated rings. The monoisotopic (exact) mass is 548 g/mol. The summed E-state index contributed by atoms with van der Waals surface area (Å²) in [6.07, 6.45) is -0.0484. The molecule has 6 atom stereocenters. The number of unbranched alkanes of at least 4 members (excludes halogenated alkanes) is 1. The average molecular weight is 549 g/mol. The van der Waals surface area contributed by atoms with Crippen molar-refractivity contribution in [2.24, 2.45) is 5.92 Å². The minimum absolute atomic E-state index is 0.0852. The Morgan fingerprint density at radius 2 is 1.89 bits per heavy atom. The molecule has 4 amide bonds. The van der Waals surface area contributed by atoms with Gasteiger partial charge in [0, 0.05) is 32.2 Å². The van der Waals surface area contributed by atoms with Gasteiger partial charge in [0.15, 0.2) is 0 Å². The maximum atomic E-state index is 12.8. The lowest BCUT2D eigenvalue weighted by atomic mass is 9.81. The molecule has 0 spiro atoms. The number of rotatable bonds is 12. The van der Waals surface area contributed by atoms with Gasteiger partial charge in [-0.05, 0) is 38.4 Å². The second-order valence-corrected chi connectivity index (χ2v) is 10.8. The molecule has 2 aliphatic heterocycles. The highest BCUT2D eigenvalue weighted by Crippen LogP contribution is 2.52. The summed E-state index contributed by atoms with van der Waals surface area (Å²) in [5.41, 5.74) is -3.80. The molecule has 0 aromatic heterocycles. The zero-order chi connectivity index (χ0) is 27.9. The Bertz CT molecular complexity index is 849. The van der Waals surface area contributed by atoms with Crippen molar-refractivity contribution in [3.8, 4) is 0 Å². The van der Waals surface area contributed by atoms with E-state index in [4.69, 9.17) is 9.47 Å². The number of hydrogen-bond acceptors (Lipinski definition) is 10. The first kappa shape index (κ1) is 31.2. The Labute approximate surface area is 220 Å². The molecule has 0 aliphatic carbocycles. The summed E-state index contributed by atoms with van der Waals surface area (Å²) >= 11 is 1.54. The van der Waals surface area contributed by atoms with Crippen LogP contribution in [0.1, 0.15) is 46.5 Å². The summed E-state index contributed by atoms with van der Waals surface area (Å²) in [4.78, 5) is 48.5. The molecular formula is C23H40N4O9S. The van der Waals surface area contributed by atoms with Gasteiger partial charge in [0.1, 0.15) is 17.7 Å². The van der Waals surface area contributed by atoms with Crippen LogP contribution in [0.15, 0.2) is 0 Å². The molecule has 14 heteroatoms. The van der Waals surface area contributed by atoms with Crippen LogP contribution >= 0.6 is 11.8 Å². The molecule has 2 aliphatic rings. The van der Waals surface area contributed by atoms with E-state index in [2.05, 4.69) is 21.3 Å². The molecule has 13 nitrogen and oxygen atoms in total. The van der Waals surface area contributed by atoms with Crippen LogP contribution in [0.3, 0.4) is 0 Å². The van der Waals surface area contributed by atoms with E-state index in [9.17, 15) is 34.5 Å². The minimum Gasteiger partial charge on any atom is -0.393 e. The number of fused-ring (bicyclic) bond motifs is 1. The van der Waals surface area contributed by atoms with Crippen LogP contribution in [0, 0.1) is 5.92 Å². The first-order valence-corrected chi connectivity index (χ1v) is 13.6. The van der Waals surface area contributed by atoms with Gasteiger partial charge in [-0.1, -0.05) is 6.92 Å². The van der Waals surface area contributed by atoms with Gasteiger partial charge in [-0.15, -0.1) is 0 Å². The van der Waals surface area contributed by atoms with Gasteiger partial charge in [0.2, 0.25) is 23.3 Å². The third kappa shape index (κ3) is 6.73. The number of ether oxygens (including phenoxy) is 2. The van der Waals surface area contributed by atoms with Crippen molar-refractivity contribution in [1.82, 2.24) is 21.3 Å². The number of amides is 4. The van der Waals surface area contributed by atoms with E-state index >= 15 is 0 Å². The zero-order valence-corrected chi connectivity index (χ0v) is 22.6. The van der Waals surface area contributed by atoms with Crippen molar-refractivity contribution in [3.05, 3.63) is 0 Å². The van der Waals surface area contributed by atoms with E-state index in [0.29, 0.717) is 31.4 Å². The Morgan fingerprint density at radius 3 is 2.49 bits per heavy atom. The van der Waals surface area contributed by atoms with Gasteiger partial charge in [0.25, 0.3) is 0 Å². The van der Waals surface area contributed by atoms with E-state index in [1.807, 2.05) is 6.92 Å². The summed E-state index contributed by atoms with van der Waals surface area (Å²) in [6.45, 7) is 4.19. The maximum absolute atomic E-state index is 12.8. The van der Waals surface area contributed by atoms with Gasteiger partial charge >= 0.3 is 11.8 Å². The van der Waals surface area contributed by atoms with Crippen molar-refractivity contribution < 1.29 is 44.0 Å². The number of nitrogens with one attached hydrogen (secondary N) is 4. The predicted octanol–water partition coefficient (Wildman–Crippen LogP) is -2.04. The first-order valence-electron chi connectivity index (χ1n) is 12.4. The topological polar surface area (TPSA) is 196 Å². The molecule has 0 radical (unpaired) electrons. The first-order chi connectivity index (χ1) is 17.4. The Kier molecular flexibility index (Phi) is 11.1. The molecule has 0 aromatic rings. The fraction of sp³-hybridized carbons (Fsp3) is 0.826. The quantitative estimate of drug-likeness (QED) is 0.105. The van der Waals surface area contributed by atoms with Gasteiger partial charge in [-0.25, -0.2) is 0 Å². The maximum Gasteiger partial charge on any atom is 0.311 e. The Balaban J connectivity index is 2.02. The Hall–Kier alpha value is -1.97. The Morgan fingerprint density at radius 1 is 1.19 bits per heavy atom. The van der Waals surface area contributed by atoms with Crippen LogP contribution in [0.5, 0.6) is 0 Å². The number of carbonyl (C=O) groups excluding carboxylic acids is 4. The smallest absolute Gasteiger partial charge is 0.311 e. The van der Waals surface area contributed by atoms with Gasteiger partial charge in [-0.2, -0.15) is 11.8 Å². The fourth-order valence-corrected chi connectivity index (χ4v) is 5.59. The SMILES string of the molecule is CCSCC1CCO[C@@]2(NC(=O)C(=O)NCCCC[C@H](NC(C)=O)C(=O)NC)[C@@H](O)[C@](C)(CO)OC12O. The van der Waals surface area contributed by atoms with Crippen LogP contribution in [0.2, 0.25) is 0 Å². The highest BCUT2D eigenvalue weighted by Gasteiger charge is 2.75. The number of aliphatic hydroxyl groups excluding tert-OH is 2. The van der Waals surface area contributed by atoms with E-state index in [0.717, 1.165) is 5.75 Å². The van der Waals surface area contributed by atoms with Crippen LogP contribution in [-0.2, 0) is 28.7 Å². The van der Waals surface area contributed by atoms with Gasteiger partial charge in [-0.3, -0.25) is 19.2 Å². The second-order valence-electron chi connectivity index (χ2n) is 9.47. The summed E-state index contributed by atoms with van der Waals surface area (Å²) in [7, 11) is 1.47. The van der Waals surface area contributed by atoms with Gasteiger partial charge < -0.3 is 46.1 Å². The molecule has 0 aromatic carbocycles. The molecule has 0 bridgehead atoms. The van der Waals surface area contributed by atoms with E-state index in [1.54, 1.807) is 0 Å². The molecule has 2 unspecified atom stereocenters. The fourth-order valence-electron chi connectivity index (χ4n) is 4.68. The van der Waals surface area contributed by atoms with Crippen molar-refractivity contribution in [3.63, 3.8) is 0 Å². The molecule has 7 N–H and O–H groups in total. The summed E-state index contributed by atoms with van der Waals surface area (Å²) in [5.74, 6) is -4.34. The summed E-state index contributed by atoms with van der Waals surface area (Å²) in [6, 6.07) is -0.703. The average Bonchev–Trinajstić information content (AvgIpc) is 3.04.